The molecule has 2 fully saturated rings. The summed E-state index contributed by atoms with van der Waals surface area (Å²) in [7, 11) is 0. The van der Waals surface area contributed by atoms with E-state index in [0.29, 0.717) is 19.1 Å². The number of anilines is 2. The predicted molar refractivity (Wildman–Crippen MR) is 128 cm³/mol. The molecular formula is C24H32N6O2. The molecule has 2 saturated heterocycles. The number of hydrogen-bond donors (Lipinski definition) is 2. The molecule has 0 radical (unpaired) electrons. The van der Waals surface area contributed by atoms with Crippen molar-refractivity contribution in [2.75, 3.05) is 43.4 Å². The molecule has 1 aromatic heterocycles. The van der Waals surface area contributed by atoms with Gasteiger partial charge in [0.1, 0.15) is 0 Å². The van der Waals surface area contributed by atoms with E-state index in [1.54, 1.807) is 6.20 Å². The van der Waals surface area contributed by atoms with Gasteiger partial charge in [0.25, 0.3) is 0 Å². The summed E-state index contributed by atoms with van der Waals surface area (Å²) in [6.45, 7) is 8.83. The molecule has 8 nitrogen and oxygen atoms in total. The first-order valence-corrected chi connectivity index (χ1v) is 11.4. The highest BCUT2D eigenvalue weighted by Crippen LogP contribution is 2.30. The van der Waals surface area contributed by atoms with E-state index in [-0.39, 0.29) is 17.9 Å². The molecular weight excluding hydrogens is 404 g/mol. The zero-order chi connectivity index (χ0) is 22.5. The lowest BCUT2D eigenvalue weighted by atomic mass is 10.0. The van der Waals surface area contributed by atoms with Crippen molar-refractivity contribution in [2.45, 2.75) is 44.7 Å². The lowest BCUT2D eigenvalue weighted by molar-refractivity contribution is -0.133. The van der Waals surface area contributed by atoms with Crippen molar-refractivity contribution >= 4 is 40.8 Å². The van der Waals surface area contributed by atoms with Gasteiger partial charge in [0.2, 0.25) is 11.8 Å². The van der Waals surface area contributed by atoms with Crippen molar-refractivity contribution in [3.8, 4) is 0 Å². The maximum Gasteiger partial charge on any atom is 0.237 e. The number of amides is 2. The fourth-order valence-electron chi connectivity index (χ4n) is 4.83. The summed E-state index contributed by atoms with van der Waals surface area (Å²) in [5.74, 6) is 0.105. The lowest BCUT2D eigenvalue weighted by Gasteiger charge is -2.34. The Hall–Kier alpha value is -3.00. The van der Waals surface area contributed by atoms with Crippen LogP contribution in [0, 0.1) is 0 Å². The second-order valence-electron chi connectivity index (χ2n) is 8.73. The topological polar surface area (TPSA) is 89.9 Å². The zero-order valence-corrected chi connectivity index (χ0v) is 18.7. The summed E-state index contributed by atoms with van der Waals surface area (Å²) in [4.78, 5) is 37.0. The van der Waals surface area contributed by atoms with Crippen molar-refractivity contribution < 1.29 is 9.59 Å². The number of aromatic nitrogens is 1. The summed E-state index contributed by atoms with van der Waals surface area (Å²) in [5.41, 5.74) is 2.53. The number of hydrogen-bond acceptors (Lipinski definition) is 6. The van der Waals surface area contributed by atoms with Crippen molar-refractivity contribution in [1.29, 1.82) is 0 Å². The molecule has 2 N–H and O–H groups in total. The second kappa shape index (κ2) is 10.1. The minimum atomic E-state index is -0.111. The molecule has 2 aliphatic heterocycles. The van der Waals surface area contributed by atoms with Gasteiger partial charge in [-0.05, 0) is 56.7 Å². The van der Waals surface area contributed by atoms with Crippen molar-refractivity contribution in [2.24, 2.45) is 4.99 Å². The average molecular weight is 437 g/mol. The number of carbonyl (C=O) groups is 2. The maximum absolute atomic E-state index is 12.8. The van der Waals surface area contributed by atoms with Gasteiger partial charge in [-0.2, -0.15) is 0 Å². The molecule has 0 unspecified atom stereocenters. The van der Waals surface area contributed by atoms with Crippen LogP contribution in [0.15, 0.2) is 35.5 Å². The Kier molecular flexibility index (Phi) is 6.99. The third-order valence-electron chi connectivity index (χ3n) is 6.42. The van der Waals surface area contributed by atoms with Crippen LogP contribution in [0.3, 0.4) is 0 Å². The van der Waals surface area contributed by atoms with Gasteiger partial charge in [-0.1, -0.05) is 0 Å². The van der Waals surface area contributed by atoms with Crippen LogP contribution in [0.4, 0.5) is 11.4 Å². The van der Waals surface area contributed by atoms with Crippen molar-refractivity contribution in [3.63, 3.8) is 0 Å². The van der Waals surface area contributed by atoms with Gasteiger partial charge in [-0.25, -0.2) is 0 Å². The van der Waals surface area contributed by atoms with E-state index in [2.05, 4.69) is 32.2 Å². The molecule has 8 heteroatoms. The van der Waals surface area contributed by atoms with Gasteiger partial charge in [0.15, 0.2) is 0 Å². The highest BCUT2D eigenvalue weighted by Gasteiger charge is 2.30. The molecule has 0 saturated carbocycles. The molecule has 1 aromatic carbocycles. The van der Waals surface area contributed by atoms with Crippen LogP contribution in [0.5, 0.6) is 0 Å². The highest BCUT2D eigenvalue weighted by molar-refractivity contribution is 6.04. The van der Waals surface area contributed by atoms with Gasteiger partial charge in [0, 0.05) is 49.9 Å². The van der Waals surface area contributed by atoms with Crippen molar-refractivity contribution in [3.05, 3.63) is 30.5 Å². The Morgan fingerprint density at radius 2 is 1.94 bits per heavy atom. The van der Waals surface area contributed by atoms with Gasteiger partial charge in [-0.15, -0.1) is 0 Å². The van der Waals surface area contributed by atoms with E-state index < -0.39 is 0 Å². The first-order valence-electron chi connectivity index (χ1n) is 11.4. The number of nitrogens with zero attached hydrogens (tertiary/aromatic N) is 4. The van der Waals surface area contributed by atoms with E-state index in [1.165, 1.54) is 6.92 Å². The molecule has 4 rings (SSSR count). The normalized spacial score (nSPS) is 19.8. The van der Waals surface area contributed by atoms with E-state index in [0.717, 1.165) is 67.6 Å². The van der Waals surface area contributed by atoms with Crippen LogP contribution >= 0.6 is 0 Å². The first kappa shape index (κ1) is 22.2. The fraction of sp³-hybridized carbons (Fsp3) is 0.500. The van der Waals surface area contributed by atoms with E-state index >= 15 is 0 Å². The molecule has 2 amide bonds. The quantitative estimate of drug-likeness (QED) is 0.652. The number of benzene rings is 1. The second-order valence-corrected chi connectivity index (χ2v) is 8.73. The van der Waals surface area contributed by atoms with Crippen LogP contribution < -0.4 is 10.6 Å². The number of rotatable bonds is 7. The van der Waals surface area contributed by atoms with Crippen LogP contribution in [0.1, 0.15) is 32.6 Å². The SMILES string of the molecule is C=NC[C@@H]1CCCN1C(=O)CN1CCC(Nc2ccc(NC(C)=O)c3ncccc23)CC1. The van der Waals surface area contributed by atoms with Gasteiger partial charge in [0.05, 0.1) is 30.3 Å². The molecule has 2 aliphatic rings. The maximum atomic E-state index is 12.8. The lowest BCUT2D eigenvalue weighted by Crippen LogP contribution is -2.47. The summed E-state index contributed by atoms with van der Waals surface area (Å²) < 4.78 is 0. The van der Waals surface area contributed by atoms with Crippen molar-refractivity contribution in [1.82, 2.24) is 14.8 Å². The van der Waals surface area contributed by atoms with Crippen LogP contribution in [0.25, 0.3) is 10.9 Å². The van der Waals surface area contributed by atoms with Crippen LogP contribution in [-0.2, 0) is 9.59 Å². The average Bonchev–Trinajstić information content (AvgIpc) is 3.25. The van der Waals surface area contributed by atoms with Crippen LogP contribution in [-0.4, -0.2) is 78.1 Å². The van der Waals surface area contributed by atoms with E-state index in [4.69, 9.17) is 0 Å². The number of likely N-dealkylation sites (tertiary alicyclic amines) is 2. The Labute approximate surface area is 189 Å². The first-order chi connectivity index (χ1) is 15.5. The number of fused-ring (bicyclic) bond motifs is 1. The minimum Gasteiger partial charge on any atom is -0.382 e. The number of nitrogens with one attached hydrogen (secondary N) is 2. The summed E-state index contributed by atoms with van der Waals surface area (Å²) in [5, 5.41) is 7.51. The fourth-order valence-corrected chi connectivity index (χ4v) is 4.83. The van der Waals surface area contributed by atoms with Gasteiger partial charge < -0.3 is 15.5 Å². The van der Waals surface area contributed by atoms with E-state index in [9.17, 15) is 9.59 Å². The predicted octanol–water partition coefficient (Wildman–Crippen LogP) is 2.76. The summed E-state index contributed by atoms with van der Waals surface area (Å²) in [6, 6.07) is 8.40. The van der Waals surface area contributed by atoms with Gasteiger partial charge in [-0.3, -0.25) is 24.5 Å². The molecule has 0 aliphatic carbocycles. The monoisotopic (exact) mass is 436 g/mol. The number of carbonyl (C=O) groups excluding carboxylic acids is 2. The molecule has 0 bridgehead atoms. The van der Waals surface area contributed by atoms with Crippen LogP contribution in [0.2, 0.25) is 0 Å². The molecule has 1 atom stereocenters. The molecule has 3 heterocycles. The Bertz CT molecular complexity index is 986. The smallest absolute Gasteiger partial charge is 0.237 e. The largest absolute Gasteiger partial charge is 0.382 e. The number of pyridine rings is 1. The third-order valence-corrected chi connectivity index (χ3v) is 6.42. The highest BCUT2D eigenvalue weighted by atomic mass is 16.2. The minimum absolute atomic E-state index is 0.111. The molecule has 170 valence electrons. The standard InChI is InChI=1S/C24H32N6O2/c1-17(31)27-22-8-7-21(20-6-3-11-26-24(20)22)28-18-9-13-29(14-10-18)16-23(32)30-12-4-5-19(30)15-25-2/h3,6-8,11,18-19,28H,2,4-5,9-10,12-16H2,1H3,(H,27,31)/t19-/m0/s1. The summed E-state index contributed by atoms with van der Waals surface area (Å²) in [6.07, 6.45) is 5.77. The molecule has 0 spiro atoms. The Balaban J connectivity index is 1.34. The van der Waals surface area contributed by atoms with Gasteiger partial charge >= 0.3 is 0 Å². The number of piperidine rings is 1. The Morgan fingerprint density at radius 1 is 1.16 bits per heavy atom. The summed E-state index contributed by atoms with van der Waals surface area (Å²) >= 11 is 0. The Morgan fingerprint density at radius 3 is 2.69 bits per heavy atom. The number of aliphatic imine (C=N–C) groups is 1. The molecule has 32 heavy (non-hydrogen) atoms. The van der Waals surface area contributed by atoms with E-state index in [1.807, 2.05) is 29.2 Å². The zero-order valence-electron chi connectivity index (χ0n) is 18.7. The third kappa shape index (κ3) is 5.07. The molecule has 2 aromatic rings.